The highest BCUT2D eigenvalue weighted by Crippen LogP contribution is 2.31. The van der Waals surface area contributed by atoms with Crippen molar-refractivity contribution in [2.75, 3.05) is 14.2 Å². The van der Waals surface area contributed by atoms with E-state index in [1.807, 2.05) is 18.2 Å². The molecule has 0 spiro atoms. The van der Waals surface area contributed by atoms with Gasteiger partial charge in [-0.15, -0.1) is 10.2 Å². The molecule has 3 rings (SSSR count). The highest BCUT2D eigenvalue weighted by molar-refractivity contribution is 7.98. The van der Waals surface area contributed by atoms with Gasteiger partial charge in [0, 0.05) is 24.3 Å². The van der Waals surface area contributed by atoms with Crippen LogP contribution in [0.1, 0.15) is 30.7 Å². The zero-order valence-electron chi connectivity index (χ0n) is 13.0. The fraction of sp³-hybridized carbons (Fsp3) is 0.500. The highest BCUT2D eigenvalue weighted by atomic mass is 32.2. The van der Waals surface area contributed by atoms with E-state index in [-0.39, 0.29) is 0 Å². The Kier molecular flexibility index (Phi) is 4.87. The predicted molar refractivity (Wildman–Crippen MR) is 86.7 cm³/mol. The zero-order valence-corrected chi connectivity index (χ0v) is 13.9. The molecule has 6 heteroatoms. The van der Waals surface area contributed by atoms with Gasteiger partial charge in [-0.3, -0.25) is 0 Å². The Morgan fingerprint density at radius 3 is 2.86 bits per heavy atom. The number of aromatic nitrogens is 3. The molecule has 0 unspecified atom stereocenters. The molecular formula is C16H21N3O2S. The molecule has 1 aromatic heterocycles. The van der Waals surface area contributed by atoms with E-state index in [0.29, 0.717) is 0 Å². The monoisotopic (exact) mass is 319 g/mol. The van der Waals surface area contributed by atoms with Crippen LogP contribution in [-0.2, 0) is 18.7 Å². The Balaban J connectivity index is 1.76. The summed E-state index contributed by atoms with van der Waals surface area (Å²) in [5.74, 6) is 3.64. The maximum Gasteiger partial charge on any atom is 0.191 e. The summed E-state index contributed by atoms with van der Waals surface area (Å²) in [6.07, 6.45) is 4.74. The standard InChI is InChI=1S/C16H21N3O2S/c1-20-13-7-8-14(21-2)12(10-13)11-22-16-18-17-15-6-4-3-5-9-19(15)16/h7-8,10H,3-6,9,11H2,1-2H3. The van der Waals surface area contributed by atoms with E-state index in [2.05, 4.69) is 14.8 Å². The lowest BCUT2D eigenvalue weighted by Crippen LogP contribution is -2.02. The summed E-state index contributed by atoms with van der Waals surface area (Å²) >= 11 is 1.71. The molecule has 0 saturated carbocycles. The first kappa shape index (κ1) is 15.2. The number of fused-ring (bicyclic) bond motifs is 1. The summed E-state index contributed by atoms with van der Waals surface area (Å²) in [5.41, 5.74) is 1.11. The molecule has 0 saturated heterocycles. The van der Waals surface area contributed by atoms with Gasteiger partial charge in [0.25, 0.3) is 0 Å². The third-order valence-corrected chi connectivity index (χ3v) is 4.94. The molecule has 0 amide bonds. The lowest BCUT2D eigenvalue weighted by molar-refractivity contribution is 0.400. The van der Waals surface area contributed by atoms with Gasteiger partial charge in [0.1, 0.15) is 17.3 Å². The number of ether oxygens (including phenoxy) is 2. The Hall–Kier alpha value is -1.69. The van der Waals surface area contributed by atoms with Crippen molar-refractivity contribution >= 4 is 11.8 Å². The van der Waals surface area contributed by atoms with Gasteiger partial charge in [-0.1, -0.05) is 18.2 Å². The molecule has 0 radical (unpaired) electrons. The average Bonchev–Trinajstić information content (AvgIpc) is 2.79. The molecule has 1 aromatic carbocycles. The largest absolute Gasteiger partial charge is 0.497 e. The van der Waals surface area contributed by atoms with Crippen molar-refractivity contribution in [3.05, 3.63) is 29.6 Å². The number of thioether (sulfide) groups is 1. The van der Waals surface area contributed by atoms with Gasteiger partial charge >= 0.3 is 0 Å². The van der Waals surface area contributed by atoms with Crippen LogP contribution in [0.4, 0.5) is 0 Å². The maximum absolute atomic E-state index is 5.44. The van der Waals surface area contributed by atoms with Crippen LogP contribution < -0.4 is 9.47 Å². The average molecular weight is 319 g/mol. The lowest BCUT2D eigenvalue weighted by atomic mass is 10.2. The van der Waals surface area contributed by atoms with Crippen molar-refractivity contribution in [1.29, 1.82) is 0 Å². The lowest BCUT2D eigenvalue weighted by Gasteiger charge is -2.11. The van der Waals surface area contributed by atoms with Crippen molar-refractivity contribution in [1.82, 2.24) is 14.8 Å². The summed E-state index contributed by atoms with van der Waals surface area (Å²) in [4.78, 5) is 0. The number of nitrogens with zero attached hydrogens (tertiary/aromatic N) is 3. The van der Waals surface area contributed by atoms with Crippen LogP contribution in [0.25, 0.3) is 0 Å². The highest BCUT2D eigenvalue weighted by Gasteiger charge is 2.16. The summed E-state index contributed by atoms with van der Waals surface area (Å²) in [6.45, 7) is 1.03. The normalized spacial score (nSPS) is 14.3. The number of methoxy groups -OCH3 is 2. The quantitative estimate of drug-likeness (QED) is 0.791. The number of aryl methyl sites for hydroxylation is 1. The molecule has 0 fully saturated rings. The van der Waals surface area contributed by atoms with Crippen LogP contribution >= 0.6 is 11.8 Å². The molecule has 1 aliphatic heterocycles. The van der Waals surface area contributed by atoms with Crippen molar-refractivity contribution < 1.29 is 9.47 Å². The Labute approximate surface area is 135 Å². The Bertz CT molecular complexity index is 642. The number of hydrogen-bond donors (Lipinski definition) is 0. The number of rotatable bonds is 5. The zero-order chi connectivity index (χ0) is 15.4. The van der Waals surface area contributed by atoms with Crippen LogP contribution in [0.5, 0.6) is 11.5 Å². The third-order valence-electron chi connectivity index (χ3n) is 3.92. The molecular weight excluding hydrogens is 298 g/mol. The predicted octanol–water partition coefficient (Wildman–Crippen LogP) is 3.31. The molecule has 0 aliphatic carbocycles. The summed E-state index contributed by atoms with van der Waals surface area (Å²) < 4.78 is 13.0. The van der Waals surface area contributed by atoms with Gasteiger partial charge in [-0.25, -0.2) is 0 Å². The van der Waals surface area contributed by atoms with Crippen molar-refractivity contribution in [2.45, 2.75) is 43.1 Å². The van der Waals surface area contributed by atoms with Gasteiger partial charge < -0.3 is 14.0 Å². The van der Waals surface area contributed by atoms with Crippen molar-refractivity contribution in [3.8, 4) is 11.5 Å². The molecule has 2 aromatic rings. The maximum atomic E-state index is 5.44. The minimum Gasteiger partial charge on any atom is -0.497 e. The Morgan fingerprint density at radius 2 is 2.05 bits per heavy atom. The van der Waals surface area contributed by atoms with Gasteiger partial charge in [0.2, 0.25) is 0 Å². The van der Waals surface area contributed by atoms with E-state index in [4.69, 9.17) is 9.47 Å². The van der Waals surface area contributed by atoms with E-state index < -0.39 is 0 Å². The van der Waals surface area contributed by atoms with Crippen LogP contribution in [-0.4, -0.2) is 29.0 Å². The fourth-order valence-corrected chi connectivity index (χ4v) is 3.66. The molecule has 0 atom stereocenters. The van der Waals surface area contributed by atoms with Gasteiger partial charge in [0.15, 0.2) is 5.16 Å². The fourth-order valence-electron chi connectivity index (χ4n) is 2.70. The SMILES string of the molecule is COc1ccc(OC)c(CSc2nnc3n2CCCCC3)c1. The topological polar surface area (TPSA) is 49.2 Å². The second-order valence-electron chi connectivity index (χ2n) is 5.33. The molecule has 0 bridgehead atoms. The molecule has 5 nitrogen and oxygen atoms in total. The minimum absolute atomic E-state index is 0.790. The van der Waals surface area contributed by atoms with Gasteiger partial charge in [0.05, 0.1) is 14.2 Å². The summed E-state index contributed by atoms with van der Waals surface area (Å²) in [6, 6.07) is 5.88. The van der Waals surface area contributed by atoms with E-state index in [9.17, 15) is 0 Å². The van der Waals surface area contributed by atoms with E-state index >= 15 is 0 Å². The van der Waals surface area contributed by atoms with Crippen LogP contribution in [0.2, 0.25) is 0 Å². The first-order valence-electron chi connectivity index (χ1n) is 7.57. The van der Waals surface area contributed by atoms with Crippen molar-refractivity contribution in [3.63, 3.8) is 0 Å². The second kappa shape index (κ2) is 7.05. The van der Waals surface area contributed by atoms with Gasteiger partial charge in [-0.2, -0.15) is 0 Å². The summed E-state index contributed by atoms with van der Waals surface area (Å²) in [7, 11) is 3.37. The minimum atomic E-state index is 0.790. The Morgan fingerprint density at radius 1 is 1.14 bits per heavy atom. The number of hydrogen-bond acceptors (Lipinski definition) is 5. The van der Waals surface area contributed by atoms with Gasteiger partial charge in [-0.05, 0) is 31.0 Å². The van der Waals surface area contributed by atoms with E-state index in [0.717, 1.165) is 46.8 Å². The smallest absolute Gasteiger partial charge is 0.191 e. The first-order chi connectivity index (χ1) is 10.8. The first-order valence-corrected chi connectivity index (χ1v) is 8.56. The van der Waals surface area contributed by atoms with Crippen LogP contribution in [0, 0.1) is 0 Å². The van der Waals surface area contributed by atoms with Crippen LogP contribution in [0.3, 0.4) is 0 Å². The van der Waals surface area contributed by atoms with Crippen molar-refractivity contribution in [2.24, 2.45) is 0 Å². The summed E-state index contributed by atoms with van der Waals surface area (Å²) in [5, 5.41) is 9.70. The second-order valence-corrected chi connectivity index (χ2v) is 6.27. The molecule has 1 aliphatic rings. The molecule has 0 N–H and O–H groups in total. The van der Waals surface area contributed by atoms with Crippen LogP contribution in [0.15, 0.2) is 23.4 Å². The van der Waals surface area contributed by atoms with E-state index in [1.54, 1.807) is 26.0 Å². The molecule has 2 heterocycles. The third kappa shape index (κ3) is 3.21. The number of benzene rings is 1. The van der Waals surface area contributed by atoms with E-state index in [1.165, 1.54) is 19.3 Å². The molecule has 22 heavy (non-hydrogen) atoms. The molecule has 118 valence electrons.